The Morgan fingerprint density at radius 1 is 1.00 bits per heavy atom. The maximum absolute atomic E-state index is 13.3. The topological polar surface area (TPSA) is 126 Å². The van der Waals surface area contributed by atoms with E-state index in [1.54, 1.807) is 49.7 Å². The number of aromatic nitrogens is 4. The fourth-order valence-corrected chi connectivity index (χ4v) is 3.28. The fraction of sp³-hybridized carbons (Fsp3) is 0.167. The highest BCUT2D eigenvalue weighted by Gasteiger charge is 2.15. The Hall–Kier alpha value is -4.67. The summed E-state index contributed by atoms with van der Waals surface area (Å²) in [6.07, 6.45) is 1.57. The highest BCUT2D eigenvalue weighted by Crippen LogP contribution is 2.15. The van der Waals surface area contributed by atoms with Gasteiger partial charge < -0.3 is 20.5 Å². The van der Waals surface area contributed by atoms with Crippen LogP contribution in [0.4, 0.5) is 16.2 Å². The minimum Gasteiger partial charge on any atom is -0.497 e. The smallest absolute Gasteiger partial charge is 0.357 e. The van der Waals surface area contributed by atoms with Gasteiger partial charge in [0, 0.05) is 18.3 Å². The van der Waals surface area contributed by atoms with Crippen molar-refractivity contribution in [3.8, 4) is 11.5 Å². The van der Waals surface area contributed by atoms with Gasteiger partial charge in [-0.15, -0.1) is 0 Å². The highest BCUT2D eigenvalue weighted by atomic mass is 19.1. The molecule has 0 radical (unpaired) electrons. The number of nitrogen functional groups attached to an aromatic ring is 1. The number of pyridine rings is 1. The van der Waals surface area contributed by atoms with E-state index in [0.717, 1.165) is 10.1 Å². The zero-order valence-electron chi connectivity index (χ0n) is 18.8. The van der Waals surface area contributed by atoms with Crippen LogP contribution in [0.2, 0.25) is 0 Å². The fourth-order valence-electron chi connectivity index (χ4n) is 3.28. The van der Waals surface area contributed by atoms with Crippen molar-refractivity contribution in [2.75, 3.05) is 18.2 Å². The zero-order chi connectivity index (χ0) is 24.8. The number of nitrogens with zero attached hydrogens (tertiary/aromatic N) is 4. The van der Waals surface area contributed by atoms with E-state index >= 15 is 0 Å². The highest BCUT2D eigenvalue weighted by molar-refractivity contribution is 5.41. The number of nitrogens with one attached hydrogen (secondary N) is 1. The summed E-state index contributed by atoms with van der Waals surface area (Å²) in [5, 5.41) is 3.01. The second-order valence-corrected chi connectivity index (χ2v) is 7.49. The Kier molecular flexibility index (Phi) is 7.05. The second kappa shape index (κ2) is 10.5. The number of hydrogen-bond donors (Lipinski definition) is 2. The molecule has 11 heteroatoms. The first-order chi connectivity index (χ1) is 16.9. The minimum atomic E-state index is -0.801. The molecule has 0 unspecified atom stereocenters. The first kappa shape index (κ1) is 23.5. The van der Waals surface area contributed by atoms with E-state index in [1.807, 2.05) is 0 Å². The van der Waals surface area contributed by atoms with E-state index in [9.17, 15) is 14.0 Å². The number of ether oxygens (including phenoxy) is 2. The van der Waals surface area contributed by atoms with Gasteiger partial charge in [-0.1, -0.05) is 18.2 Å². The van der Waals surface area contributed by atoms with Gasteiger partial charge >= 0.3 is 11.4 Å². The van der Waals surface area contributed by atoms with Crippen molar-refractivity contribution in [2.45, 2.75) is 19.8 Å². The second-order valence-electron chi connectivity index (χ2n) is 7.49. The predicted octanol–water partition coefficient (Wildman–Crippen LogP) is 2.23. The van der Waals surface area contributed by atoms with Gasteiger partial charge in [0.1, 0.15) is 23.1 Å². The SMILES string of the molecule is COc1ccc(Cn2c(NCc3cccnc3N)nc(=O)n(COc3ccc(F)cc3)c2=O)cc1. The van der Waals surface area contributed by atoms with Crippen LogP contribution in [-0.4, -0.2) is 26.2 Å². The van der Waals surface area contributed by atoms with E-state index in [0.29, 0.717) is 22.9 Å². The van der Waals surface area contributed by atoms with Gasteiger partial charge in [0.25, 0.3) is 0 Å². The monoisotopic (exact) mass is 478 g/mol. The van der Waals surface area contributed by atoms with E-state index in [4.69, 9.17) is 15.2 Å². The number of methoxy groups -OCH3 is 1. The largest absolute Gasteiger partial charge is 0.497 e. The van der Waals surface area contributed by atoms with E-state index in [-0.39, 0.29) is 19.0 Å². The van der Waals surface area contributed by atoms with Crippen molar-refractivity contribution in [3.05, 3.63) is 105 Å². The molecular formula is C24H23FN6O4. The summed E-state index contributed by atoms with van der Waals surface area (Å²) in [5.41, 5.74) is 5.93. The zero-order valence-corrected chi connectivity index (χ0v) is 18.8. The lowest BCUT2D eigenvalue weighted by Gasteiger charge is -2.16. The Morgan fingerprint density at radius 3 is 2.40 bits per heavy atom. The molecule has 4 rings (SSSR count). The first-order valence-electron chi connectivity index (χ1n) is 10.6. The summed E-state index contributed by atoms with van der Waals surface area (Å²) in [7, 11) is 1.56. The van der Waals surface area contributed by atoms with Crippen LogP contribution in [0.3, 0.4) is 0 Å². The van der Waals surface area contributed by atoms with Crippen LogP contribution in [0.15, 0.2) is 76.4 Å². The van der Waals surface area contributed by atoms with Crippen LogP contribution in [0.5, 0.6) is 11.5 Å². The number of anilines is 2. The molecule has 10 nitrogen and oxygen atoms in total. The molecule has 4 aromatic rings. The quantitative estimate of drug-likeness (QED) is 0.375. The summed E-state index contributed by atoms with van der Waals surface area (Å²) >= 11 is 0. The third kappa shape index (κ3) is 5.64. The first-order valence-corrected chi connectivity index (χ1v) is 10.6. The molecule has 2 heterocycles. The van der Waals surface area contributed by atoms with E-state index in [1.165, 1.54) is 28.8 Å². The average Bonchev–Trinajstić information content (AvgIpc) is 2.87. The van der Waals surface area contributed by atoms with Gasteiger partial charge in [-0.05, 0) is 48.0 Å². The molecule has 0 aliphatic heterocycles. The maximum atomic E-state index is 13.3. The minimum absolute atomic E-state index is 0.0668. The molecule has 0 saturated carbocycles. The summed E-state index contributed by atoms with van der Waals surface area (Å²) in [6, 6.07) is 15.9. The molecule has 180 valence electrons. The van der Waals surface area contributed by atoms with Gasteiger partial charge in [-0.3, -0.25) is 4.57 Å². The summed E-state index contributed by atoms with van der Waals surface area (Å²) in [5.74, 6) is 0.931. The maximum Gasteiger partial charge on any atom is 0.357 e. The third-order valence-corrected chi connectivity index (χ3v) is 5.19. The number of hydrogen-bond acceptors (Lipinski definition) is 8. The van der Waals surface area contributed by atoms with Crippen molar-refractivity contribution >= 4 is 11.8 Å². The molecule has 2 aromatic heterocycles. The Bertz CT molecular complexity index is 1420. The van der Waals surface area contributed by atoms with Gasteiger partial charge in [-0.25, -0.2) is 23.5 Å². The summed E-state index contributed by atoms with van der Waals surface area (Å²) in [4.78, 5) is 34.1. The molecule has 0 spiro atoms. The molecule has 0 aliphatic carbocycles. The van der Waals surface area contributed by atoms with Gasteiger partial charge in [0.2, 0.25) is 5.95 Å². The molecule has 0 aliphatic rings. The molecular weight excluding hydrogens is 455 g/mol. The Balaban J connectivity index is 1.66. The number of halogens is 1. The Labute approximate surface area is 199 Å². The number of rotatable bonds is 9. The van der Waals surface area contributed by atoms with Gasteiger partial charge in [0.15, 0.2) is 6.73 Å². The third-order valence-electron chi connectivity index (χ3n) is 5.19. The lowest BCUT2D eigenvalue weighted by molar-refractivity contribution is 0.220. The lowest BCUT2D eigenvalue weighted by atomic mass is 10.2. The van der Waals surface area contributed by atoms with Crippen LogP contribution >= 0.6 is 0 Å². The van der Waals surface area contributed by atoms with Crippen molar-refractivity contribution in [1.82, 2.24) is 19.1 Å². The van der Waals surface area contributed by atoms with Gasteiger partial charge in [-0.2, -0.15) is 4.98 Å². The molecule has 0 fully saturated rings. The van der Waals surface area contributed by atoms with E-state index in [2.05, 4.69) is 15.3 Å². The van der Waals surface area contributed by atoms with Gasteiger partial charge in [0.05, 0.1) is 13.7 Å². The molecule has 0 atom stereocenters. The molecule has 0 saturated heterocycles. The van der Waals surface area contributed by atoms with Crippen molar-refractivity contribution < 1.29 is 13.9 Å². The standard InChI is InChI=1S/C24H23FN6O4/c1-34-19-8-4-16(5-9-19)14-30-22(28-13-17-3-2-12-27-21(17)26)29-23(32)31(24(30)33)15-35-20-10-6-18(25)7-11-20/h2-12H,13-15H2,1H3,(H2,26,27)(H,28,29,32). The Morgan fingerprint density at radius 2 is 1.71 bits per heavy atom. The van der Waals surface area contributed by atoms with Crippen molar-refractivity contribution in [2.24, 2.45) is 0 Å². The van der Waals surface area contributed by atoms with Crippen LogP contribution in [-0.2, 0) is 19.8 Å². The number of benzene rings is 2. The number of nitrogens with two attached hydrogens (primary N) is 1. The van der Waals surface area contributed by atoms with Crippen LogP contribution in [0.1, 0.15) is 11.1 Å². The van der Waals surface area contributed by atoms with Crippen molar-refractivity contribution in [3.63, 3.8) is 0 Å². The lowest BCUT2D eigenvalue weighted by Crippen LogP contribution is -2.44. The normalized spacial score (nSPS) is 10.7. The molecule has 35 heavy (non-hydrogen) atoms. The van der Waals surface area contributed by atoms with Crippen LogP contribution < -0.4 is 31.9 Å². The van der Waals surface area contributed by atoms with Crippen LogP contribution in [0.25, 0.3) is 0 Å². The average molecular weight is 478 g/mol. The summed E-state index contributed by atoms with van der Waals surface area (Å²) in [6.45, 7) is -0.0729. The summed E-state index contributed by atoms with van der Waals surface area (Å²) < 4.78 is 26.0. The molecule has 3 N–H and O–H groups in total. The predicted molar refractivity (Wildman–Crippen MR) is 128 cm³/mol. The van der Waals surface area contributed by atoms with E-state index < -0.39 is 23.9 Å². The molecule has 0 bridgehead atoms. The van der Waals surface area contributed by atoms with Crippen LogP contribution in [0, 0.1) is 5.82 Å². The van der Waals surface area contributed by atoms with Crippen molar-refractivity contribution in [1.29, 1.82) is 0 Å². The molecule has 0 amide bonds. The molecule has 2 aromatic carbocycles.